The van der Waals surface area contributed by atoms with Gasteiger partial charge in [0.15, 0.2) is 0 Å². The van der Waals surface area contributed by atoms with E-state index in [1.54, 1.807) is 4.90 Å². The van der Waals surface area contributed by atoms with Crippen LogP contribution in [0.3, 0.4) is 0 Å². The van der Waals surface area contributed by atoms with E-state index in [1.807, 2.05) is 6.92 Å². The van der Waals surface area contributed by atoms with Crippen molar-refractivity contribution in [1.29, 1.82) is 0 Å². The van der Waals surface area contributed by atoms with Gasteiger partial charge >= 0.3 is 0 Å². The summed E-state index contributed by atoms with van der Waals surface area (Å²) in [6.07, 6.45) is 4.07. The van der Waals surface area contributed by atoms with Gasteiger partial charge in [0, 0.05) is 31.7 Å². The molecule has 0 saturated carbocycles. The lowest BCUT2D eigenvalue weighted by molar-refractivity contribution is -0.118. The minimum absolute atomic E-state index is 0.627. The van der Waals surface area contributed by atoms with Crippen molar-refractivity contribution in [2.45, 2.75) is 26.2 Å². The summed E-state index contributed by atoms with van der Waals surface area (Å²) in [5.41, 5.74) is 2.32. The second-order valence-electron chi connectivity index (χ2n) is 5.17. The number of ether oxygens (including phenoxy) is 1. The average Bonchev–Trinajstić information content (AvgIpc) is 2.96. The Balaban J connectivity index is 1.83. The van der Waals surface area contributed by atoms with E-state index in [2.05, 4.69) is 9.88 Å². The summed E-state index contributed by atoms with van der Waals surface area (Å²) in [5, 5.41) is 0. The van der Waals surface area contributed by atoms with Crippen LogP contribution in [0.2, 0.25) is 0 Å². The summed E-state index contributed by atoms with van der Waals surface area (Å²) < 4.78 is 5.68. The Morgan fingerprint density at radius 1 is 1.20 bits per heavy atom. The number of aryl methyl sites for hydroxylation is 1. The average molecular weight is 276 g/mol. The third-order valence-electron chi connectivity index (χ3n) is 3.91. The number of amides is 1. The zero-order valence-corrected chi connectivity index (χ0v) is 11.8. The molecule has 20 heavy (non-hydrogen) atoms. The second kappa shape index (κ2) is 5.64. The van der Waals surface area contributed by atoms with Gasteiger partial charge in [0.05, 0.1) is 12.3 Å². The Kier molecular flexibility index (Phi) is 3.71. The molecule has 1 aromatic rings. The van der Waals surface area contributed by atoms with E-state index in [-0.39, 0.29) is 0 Å². The molecule has 2 aliphatic rings. The van der Waals surface area contributed by atoms with Crippen LogP contribution >= 0.6 is 0 Å². The van der Waals surface area contributed by atoms with Crippen LogP contribution in [0.1, 0.15) is 24.6 Å². The first-order chi connectivity index (χ1) is 9.81. The summed E-state index contributed by atoms with van der Waals surface area (Å²) in [4.78, 5) is 24.0. The van der Waals surface area contributed by atoms with Crippen molar-refractivity contribution in [3.63, 3.8) is 0 Å². The molecule has 0 radical (unpaired) electrons. The summed E-state index contributed by atoms with van der Waals surface area (Å²) in [5.74, 6) is 1.50. The van der Waals surface area contributed by atoms with Crippen LogP contribution in [-0.2, 0) is 17.6 Å². The molecule has 1 amide bonds. The largest absolute Gasteiger partial charge is 0.478 e. The predicted octanol–water partition coefficient (Wildman–Crippen LogP) is 0.642. The van der Waals surface area contributed by atoms with Crippen LogP contribution in [-0.4, -0.2) is 54.1 Å². The Labute approximate surface area is 118 Å². The van der Waals surface area contributed by atoms with Crippen LogP contribution in [0.15, 0.2) is 0 Å². The molecule has 1 aromatic heterocycles. The van der Waals surface area contributed by atoms with E-state index < -0.39 is 0 Å². The molecule has 0 spiro atoms. The van der Waals surface area contributed by atoms with Crippen molar-refractivity contribution in [3.8, 4) is 5.88 Å². The first-order valence-electron chi connectivity index (χ1n) is 7.28. The first-order valence-corrected chi connectivity index (χ1v) is 7.28. The van der Waals surface area contributed by atoms with E-state index in [0.717, 1.165) is 69.4 Å². The lowest BCUT2D eigenvalue weighted by atomic mass is 10.2. The molecule has 0 bridgehead atoms. The summed E-state index contributed by atoms with van der Waals surface area (Å²) in [6.45, 7) is 5.63. The van der Waals surface area contributed by atoms with E-state index in [0.29, 0.717) is 6.61 Å². The molecule has 0 atom stereocenters. The molecule has 3 rings (SSSR count). The van der Waals surface area contributed by atoms with Crippen LogP contribution in [0.4, 0.5) is 5.95 Å². The predicted molar refractivity (Wildman–Crippen MR) is 75.1 cm³/mol. The van der Waals surface area contributed by atoms with Gasteiger partial charge in [-0.2, -0.15) is 4.98 Å². The zero-order chi connectivity index (χ0) is 13.9. The third kappa shape index (κ3) is 2.42. The minimum Gasteiger partial charge on any atom is -0.478 e. The van der Waals surface area contributed by atoms with Crippen LogP contribution < -0.4 is 9.64 Å². The van der Waals surface area contributed by atoms with Crippen molar-refractivity contribution in [3.05, 3.63) is 11.3 Å². The first kappa shape index (κ1) is 13.1. The van der Waals surface area contributed by atoms with Crippen molar-refractivity contribution in [2.75, 3.05) is 37.7 Å². The number of piperazine rings is 1. The highest BCUT2D eigenvalue weighted by Crippen LogP contribution is 2.30. The van der Waals surface area contributed by atoms with E-state index >= 15 is 0 Å². The number of rotatable bonds is 4. The summed E-state index contributed by atoms with van der Waals surface area (Å²) in [7, 11) is 0. The van der Waals surface area contributed by atoms with Gasteiger partial charge < -0.3 is 14.5 Å². The number of fused-ring (bicyclic) bond motifs is 1. The Hall–Kier alpha value is -1.85. The molecule has 1 fully saturated rings. The number of anilines is 1. The van der Waals surface area contributed by atoms with Gasteiger partial charge in [-0.15, -0.1) is 0 Å². The number of nitrogens with zero attached hydrogens (tertiary/aromatic N) is 4. The lowest BCUT2D eigenvalue weighted by Gasteiger charge is -2.32. The molecule has 108 valence electrons. The van der Waals surface area contributed by atoms with Gasteiger partial charge in [0.25, 0.3) is 0 Å². The van der Waals surface area contributed by atoms with Gasteiger partial charge in [-0.25, -0.2) is 4.98 Å². The summed E-state index contributed by atoms with van der Waals surface area (Å²) in [6, 6.07) is 0. The van der Waals surface area contributed by atoms with E-state index in [4.69, 9.17) is 9.72 Å². The van der Waals surface area contributed by atoms with Gasteiger partial charge in [0.1, 0.15) is 0 Å². The van der Waals surface area contributed by atoms with Gasteiger partial charge in [-0.3, -0.25) is 4.79 Å². The quantitative estimate of drug-likeness (QED) is 0.755. The number of hydrogen-bond donors (Lipinski definition) is 0. The normalized spacial score (nSPS) is 18.1. The van der Waals surface area contributed by atoms with Crippen LogP contribution in [0, 0.1) is 0 Å². The third-order valence-corrected chi connectivity index (χ3v) is 3.91. The maximum absolute atomic E-state index is 10.8. The van der Waals surface area contributed by atoms with Crippen molar-refractivity contribution >= 4 is 12.4 Å². The molecule has 1 aliphatic carbocycles. The van der Waals surface area contributed by atoms with Crippen LogP contribution in [0.5, 0.6) is 5.88 Å². The smallest absolute Gasteiger partial charge is 0.229 e. The zero-order valence-electron chi connectivity index (χ0n) is 11.8. The second-order valence-corrected chi connectivity index (χ2v) is 5.17. The number of carbonyl (C=O) groups excluding carboxylic acids is 1. The number of carbonyl (C=O) groups is 1. The fraction of sp³-hybridized carbons (Fsp3) is 0.643. The monoisotopic (exact) mass is 276 g/mol. The standard InChI is InChI=1S/C14H20N4O2/c1-2-20-13-11-4-3-5-12(11)15-14(16-13)18-8-6-17(10-19)7-9-18/h10H,2-9H2,1H3. The summed E-state index contributed by atoms with van der Waals surface area (Å²) >= 11 is 0. The fourth-order valence-electron chi connectivity index (χ4n) is 2.81. The Morgan fingerprint density at radius 3 is 2.70 bits per heavy atom. The molecule has 0 N–H and O–H groups in total. The molecule has 0 unspecified atom stereocenters. The van der Waals surface area contributed by atoms with Gasteiger partial charge in [-0.05, 0) is 26.2 Å². The maximum Gasteiger partial charge on any atom is 0.229 e. The molecule has 1 aliphatic heterocycles. The topological polar surface area (TPSA) is 58.6 Å². The molecule has 0 aromatic carbocycles. The molecule has 6 nitrogen and oxygen atoms in total. The molecular formula is C14H20N4O2. The molecular weight excluding hydrogens is 256 g/mol. The Morgan fingerprint density at radius 2 is 2.00 bits per heavy atom. The van der Waals surface area contributed by atoms with Gasteiger partial charge in [0.2, 0.25) is 18.2 Å². The van der Waals surface area contributed by atoms with Gasteiger partial charge in [-0.1, -0.05) is 0 Å². The van der Waals surface area contributed by atoms with Crippen molar-refractivity contribution < 1.29 is 9.53 Å². The number of aromatic nitrogens is 2. The Bertz CT molecular complexity index is 498. The van der Waals surface area contributed by atoms with Crippen molar-refractivity contribution in [1.82, 2.24) is 14.9 Å². The van der Waals surface area contributed by atoms with Crippen molar-refractivity contribution in [2.24, 2.45) is 0 Å². The molecule has 2 heterocycles. The highest BCUT2D eigenvalue weighted by molar-refractivity contribution is 5.49. The highest BCUT2D eigenvalue weighted by Gasteiger charge is 2.24. The van der Waals surface area contributed by atoms with E-state index in [1.165, 1.54) is 5.56 Å². The van der Waals surface area contributed by atoms with Crippen LogP contribution in [0.25, 0.3) is 0 Å². The SMILES string of the molecule is CCOc1nc(N2CCN(C=O)CC2)nc2c1CCC2. The fourth-order valence-corrected chi connectivity index (χ4v) is 2.81. The lowest BCUT2D eigenvalue weighted by Crippen LogP contribution is -2.46. The minimum atomic E-state index is 0.627. The maximum atomic E-state index is 10.8. The van der Waals surface area contributed by atoms with E-state index in [9.17, 15) is 4.79 Å². The molecule has 1 saturated heterocycles. The highest BCUT2D eigenvalue weighted by atomic mass is 16.5. The molecule has 6 heteroatoms. The number of hydrogen-bond acceptors (Lipinski definition) is 5.